The summed E-state index contributed by atoms with van der Waals surface area (Å²) >= 11 is 0. The Kier molecular flexibility index (Phi) is 3.35. The zero-order valence-corrected chi connectivity index (χ0v) is 9.41. The van der Waals surface area contributed by atoms with Gasteiger partial charge in [0.15, 0.2) is 0 Å². The minimum atomic E-state index is -0.391. The van der Waals surface area contributed by atoms with Crippen LogP contribution in [0.15, 0.2) is 48.8 Å². The molecule has 86 valence electrons. The van der Waals surface area contributed by atoms with E-state index in [1.165, 1.54) is 13.2 Å². The fraction of sp³-hybridized carbons (Fsp3) is 0.0769. The average molecular weight is 228 g/mol. The Morgan fingerprint density at radius 1 is 1.35 bits per heavy atom. The number of nitrogens with zero attached hydrogens (tertiary/aromatic N) is 2. The zero-order chi connectivity index (χ0) is 12.1. The molecule has 0 saturated heterocycles. The molecule has 0 aliphatic rings. The van der Waals surface area contributed by atoms with Crippen LogP contribution in [0.5, 0.6) is 0 Å². The number of aromatic nitrogens is 2. The van der Waals surface area contributed by atoms with Crippen LogP contribution in [-0.2, 0) is 9.53 Å². The molecule has 2 aromatic rings. The Balaban J connectivity index is 2.30. The predicted molar refractivity (Wildman–Crippen MR) is 65.0 cm³/mol. The van der Waals surface area contributed by atoms with E-state index in [1.54, 1.807) is 23.2 Å². The van der Waals surface area contributed by atoms with Gasteiger partial charge in [-0.2, -0.15) is 0 Å². The van der Waals surface area contributed by atoms with Gasteiger partial charge in [0.25, 0.3) is 0 Å². The van der Waals surface area contributed by atoms with Crippen LogP contribution < -0.4 is 0 Å². The van der Waals surface area contributed by atoms with Crippen LogP contribution in [0.2, 0.25) is 0 Å². The van der Waals surface area contributed by atoms with Crippen molar-refractivity contribution in [2.45, 2.75) is 0 Å². The smallest absolute Gasteiger partial charge is 0.331 e. The van der Waals surface area contributed by atoms with Gasteiger partial charge in [-0.1, -0.05) is 30.3 Å². The average Bonchev–Trinajstić information content (AvgIpc) is 2.85. The molecule has 2 rings (SSSR count). The van der Waals surface area contributed by atoms with Crippen LogP contribution in [0, 0.1) is 0 Å². The second-order valence-electron chi connectivity index (χ2n) is 3.36. The summed E-state index contributed by atoms with van der Waals surface area (Å²) in [7, 11) is 1.35. The summed E-state index contributed by atoms with van der Waals surface area (Å²) in [5.74, 6) is 0.392. The second-order valence-corrected chi connectivity index (χ2v) is 3.36. The molecule has 0 atom stereocenters. The van der Waals surface area contributed by atoms with Crippen molar-refractivity contribution in [3.05, 3.63) is 48.8 Å². The maximum absolute atomic E-state index is 11.0. The van der Waals surface area contributed by atoms with Gasteiger partial charge in [-0.25, -0.2) is 9.78 Å². The van der Waals surface area contributed by atoms with Gasteiger partial charge in [-0.05, 0) is 0 Å². The van der Waals surface area contributed by atoms with Gasteiger partial charge >= 0.3 is 5.97 Å². The molecule has 17 heavy (non-hydrogen) atoms. The van der Waals surface area contributed by atoms with Gasteiger partial charge in [0.2, 0.25) is 0 Å². The van der Waals surface area contributed by atoms with Crippen molar-refractivity contribution in [1.82, 2.24) is 9.55 Å². The second kappa shape index (κ2) is 5.12. The monoisotopic (exact) mass is 228 g/mol. The van der Waals surface area contributed by atoms with Crippen molar-refractivity contribution in [2.24, 2.45) is 0 Å². The van der Waals surface area contributed by atoms with E-state index in [0.717, 1.165) is 11.4 Å². The van der Waals surface area contributed by atoms with Gasteiger partial charge in [0.05, 0.1) is 7.11 Å². The number of esters is 1. The Morgan fingerprint density at radius 3 is 2.82 bits per heavy atom. The van der Waals surface area contributed by atoms with Gasteiger partial charge in [0.1, 0.15) is 5.82 Å². The predicted octanol–water partition coefficient (Wildman–Crippen LogP) is 2.19. The summed E-state index contributed by atoms with van der Waals surface area (Å²) in [4.78, 5) is 15.3. The summed E-state index contributed by atoms with van der Waals surface area (Å²) in [5.41, 5.74) is 0.993. The number of imidazole rings is 1. The van der Waals surface area contributed by atoms with Crippen LogP contribution >= 0.6 is 0 Å². The lowest BCUT2D eigenvalue weighted by Gasteiger charge is -2.01. The number of rotatable bonds is 3. The minimum absolute atomic E-state index is 0.391. The minimum Gasteiger partial charge on any atom is -0.466 e. The van der Waals surface area contributed by atoms with Gasteiger partial charge in [-0.3, -0.25) is 0 Å². The lowest BCUT2D eigenvalue weighted by molar-refractivity contribution is -0.134. The molecule has 0 aliphatic carbocycles. The summed E-state index contributed by atoms with van der Waals surface area (Å²) in [6, 6.07) is 9.76. The standard InChI is InChI=1S/C13H12N2O2/c1-17-12(16)7-9-15-10-8-14-13(15)11-5-3-2-4-6-11/h2-10H,1H3/b9-7+. The van der Waals surface area contributed by atoms with Gasteiger partial charge < -0.3 is 9.30 Å². The summed E-state index contributed by atoms with van der Waals surface area (Å²) in [6.45, 7) is 0. The van der Waals surface area contributed by atoms with E-state index in [2.05, 4.69) is 9.72 Å². The molecule has 0 unspecified atom stereocenters. The number of carbonyl (C=O) groups excluding carboxylic acids is 1. The summed E-state index contributed by atoms with van der Waals surface area (Å²) in [6.07, 6.45) is 6.45. The molecular formula is C13H12N2O2. The molecule has 0 bridgehead atoms. The highest BCUT2D eigenvalue weighted by atomic mass is 16.5. The van der Waals surface area contributed by atoms with Crippen LogP contribution in [0.1, 0.15) is 0 Å². The number of hydrogen-bond acceptors (Lipinski definition) is 3. The van der Waals surface area contributed by atoms with Crippen LogP contribution in [0.3, 0.4) is 0 Å². The largest absolute Gasteiger partial charge is 0.466 e. The highest BCUT2D eigenvalue weighted by molar-refractivity contribution is 5.85. The number of benzene rings is 1. The molecular weight excluding hydrogens is 216 g/mol. The maximum Gasteiger partial charge on any atom is 0.331 e. The van der Waals surface area contributed by atoms with Crippen molar-refractivity contribution in [3.8, 4) is 11.4 Å². The van der Waals surface area contributed by atoms with Crippen molar-refractivity contribution >= 4 is 12.2 Å². The Hall–Kier alpha value is -2.36. The Labute approximate surface area is 99.2 Å². The number of carbonyl (C=O) groups is 1. The molecule has 0 fully saturated rings. The molecule has 0 saturated carbocycles. The SMILES string of the molecule is COC(=O)/C=C/n1ccnc1-c1ccccc1. The van der Waals surface area contributed by atoms with E-state index >= 15 is 0 Å². The van der Waals surface area contributed by atoms with Crippen LogP contribution in [0.4, 0.5) is 0 Å². The van der Waals surface area contributed by atoms with Crippen molar-refractivity contribution in [2.75, 3.05) is 7.11 Å². The Morgan fingerprint density at radius 2 is 2.12 bits per heavy atom. The lowest BCUT2D eigenvalue weighted by Crippen LogP contribution is -1.96. The first-order valence-electron chi connectivity index (χ1n) is 5.15. The molecule has 4 nitrogen and oxygen atoms in total. The quantitative estimate of drug-likeness (QED) is 0.597. The molecule has 1 aromatic heterocycles. The molecule has 4 heteroatoms. The molecule has 0 N–H and O–H groups in total. The molecule has 0 amide bonds. The lowest BCUT2D eigenvalue weighted by atomic mass is 10.2. The van der Waals surface area contributed by atoms with Crippen molar-refractivity contribution in [1.29, 1.82) is 0 Å². The first-order valence-corrected chi connectivity index (χ1v) is 5.15. The first-order chi connectivity index (χ1) is 8.31. The third-order valence-electron chi connectivity index (χ3n) is 2.27. The zero-order valence-electron chi connectivity index (χ0n) is 9.41. The molecule has 0 aliphatic heterocycles. The van der Waals surface area contributed by atoms with E-state index in [4.69, 9.17) is 0 Å². The molecule has 1 heterocycles. The number of ether oxygens (including phenoxy) is 1. The normalized spacial score (nSPS) is 10.6. The van der Waals surface area contributed by atoms with Gasteiger partial charge in [0, 0.05) is 30.2 Å². The highest BCUT2D eigenvalue weighted by Crippen LogP contribution is 2.16. The third kappa shape index (κ3) is 2.60. The fourth-order valence-corrected chi connectivity index (χ4v) is 1.45. The van der Waals surface area contributed by atoms with Crippen molar-refractivity contribution < 1.29 is 9.53 Å². The van der Waals surface area contributed by atoms with Gasteiger partial charge in [-0.15, -0.1) is 0 Å². The van der Waals surface area contributed by atoms with E-state index in [9.17, 15) is 4.79 Å². The Bertz CT molecular complexity index is 529. The highest BCUT2D eigenvalue weighted by Gasteiger charge is 2.03. The molecule has 1 aromatic carbocycles. The van der Waals surface area contributed by atoms with Crippen LogP contribution in [0.25, 0.3) is 17.6 Å². The van der Waals surface area contributed by atoms with E-state index < -0.39 is 5.97 Å². The fourth-order valence-electron chi connectivity index (χ4n) is 1.45. The summed E-state index contributed by atoms with van der Waals surface area (Å²) < 4.78 is 6.30. The molecule has 0 radical (unpaired) electrons. The molecule has 0 spiro atoms. The third-order valence-corrected chi connectivity index (χ3v) is 2.27. The maximum atomic E-state index is 11.0. The van der Waals surface area contributed by atoms with Crippen molar-refractivity contribution in [3.63, 3.8) is 0 Å². The summed E-state index contributed by atoms with van der Waals surface area (Å²) in [5, 5.41) is 0. The topological polar surface area (TPSA) is 44.1 Å². The van der Waals surface area contributed by atoms with E-state index in [1.807, 2.05) is 30.3 Å². The number of hydrogen-bond donors (Lipinski definition) is 0. The first kappa shape index (κ1) is 11.1. The van der Waals surface area contributed by atoms with E-state index in [0.29, 0.717) is 0 Å². The van der Waals surface area contributed by atoms with Crippen LogP contribution in [-0.4, -0.2) is 22.6 Å². The van der Waals surface area contributed by atoms with E-state index in [-0.39, 0.29) is 0 Å². The number of methoxy groups -OCH3 is 1.